The van der Waals surface area contributed by atoms with Crippen LogP contribution in [0.5, 0.6) is 5.75 Å². The van der Waals surface area contributed by atoms with Crippen molar-refractivity contribution in [3.05, 3.63) is 64.3 Å². The van der Waals surface area contributed by atoms with Crippen LogP contribution in [-0.2, 0) is 9.59 Å². The standard InChI is InChI=1S/C20H15FN2O5S2/c1-10(17(25)22-15-7-6-12(24)9-13(15)19(27)28)23-18(26)16(30-20(23)29)8-11-4-2-3-5-14(11)21/h2-10,24H,1H3,(H,22,25)(H,27,28). The second kappa shape index (κ2) is 8.64. The Morgan fingerprint density at radius 2 is 1.97 bits per heavy atom. The number of phenols is 1. The number of phenolic OH excluding ortho intramolecular Hbond substituents is 1. The van der Waals surface area contributed by atoms with Gasteiger partial charge in [-0.05, 0) is 37.3 Å². The number of nitrogens with zero attached hydrogens (tertiary/aromatic N) is 1. The number of carbonyl (C=O) groups excluding carboxylic acids is 2. The molecular weight excluding hydrogens is 431 g/mol. The number of aromatic hydroxyl groups is 1. The van der Waals surface area contributed by atoms with Gasteiger partial charge < -0.3 is 15.5 Å². The van der Waals surface area contributed by atoms with E-state index < -0.39 is 29.6 Å². The molecule has 3 rings (SSSR count). The third kappa shape index (κ3) is 4.34. The molecule has 1 heterocycles. The zero-order valence-electron chi connectivity index (χ0n) is 15.5. The first kappa shape index (κ1) is 21.5. The van der Waals surface area contributed by atoms with Crippen molar-refractivity contribution in [2.45, 2.75) is 13.0 Å². The van der Waals surface area contributed by atoms with Gasteiger partial charge in [-0.25, -0.2) is 9.18 Å². The molecule has 2 aromatic carbocycles. The van der Waals surface area contributed by atoms with Crippen molar-refractivity contribution >= 4 is 57.8 Å². The molecule has 1 aliphatic rings. The first-order valence-corrected chi connectivity index (χ1v) is 9.80. The molecule has 10 heteroatoms. The van der Waals surface area contributed by atoms with Crippen LogP contribution in [-0.4, -0.2) is 43.3 Å². The van der Waals surface area contributed by atoms with E-state index >= 15 is 0 Å². The van der Waals surface area contributed by atoms with Gasteiger partial charge in [0.05, 0.1) is 16.2 Å². The molecule has 1 fully saturated rings. The van der Waals surface area contributed by atoms with Crippen molar-refractivity contribution in [2.75, 3.05) is 5.32 Å². The molecule has 1 saturated heterocycles. The van der Waals surface area contributed by atoms with E-state index in [2.05, 4.69) is 5.32 Å². The van der Waals surface area contributed by atoms with Crippen LogP contribution < -0.4 is 5.32 Å². The number of amides is 2. The van der Waals surface area contributed by atoms with Crippen LogP contribution in [0, 0.1) is 5.82 Å². The normalized spacial score (nSPS) is 16.1. The number of rotatable bonds is 5. The number of aromatic carboxylic acids is 1. The molecule has 0 spiro atoms. The maximum atomic E-state index is 13.9. The number of thiocarbonyl (C=S) groups is 1. The summed E-state index contributed by atoms with van der Waals surface area (Å²) in [5.74, 6) is -3.34. The summed E-state index contributed by atoms with van der Waals surface area (Å²) in [6, 6.07) is 8.34. The van der Waals surface area contributed by atoms with Crippen LogP contribution in [0.4, 0.5) is 10.1 Å². The Hall–Kier alpha value is -3.24. The number of anilines is 1. The van der Waals surface area contributed by atoms with Crippen molar-refractivity contribution in [1.29, 1.82) is 0 Å². The van der Waals surface area contributed by atoms with Crippen molar-refractivity contribution in [1.82, 2.24) is 4.90 Å². The predicted molar refractivity (Wildman–Crippen MR) is 115 cm³/mol. The molecule has 0 aliphatic carbocycles. The number of benzene rings is 2. The third-order valence-electron chi connectivity index (χ3n) is 4.27. The van der Waals surface area contributed by atoms with Crippen LogP contribution in [0.15, 0.2) is 47.4 Å². The molecule has 7 nitrogen and oxygen atoms in total. The minimum atomic E-state index is -1.34. The number of carboxylic acids is 1. The highest BCUT2D eigenvalue weighted by atomic mass is 32.2. The molecule has 0 aromatic heterocycles. The van der Waals surface area contributed by atoms with Crippen LogP contribution >= 0.6 is 24.0 Å². The van der Waals surface area contributed by atoms with Crippen molar-refractivity contribution in [3.8, 4) is 5.75 Å². The lowest BCUT2D eigenvalue weighted by Gasteiger charge is -2.22. The van der Waals surface area contributed by atoms with Gasteiger partial charge in [0.1, 0.15) is 21.9 Å². The quantitative estimate of drug-likeness (QED) is 0.367. The van der Waals surface area contributed by atoms with Gasteiger partial charge in [0.25, 0.3) is 5.91 Å². The zero-order chi connectivity index (χ0) is 22.0. The summed E-state index contributed by atoms with van der Waals surface area (Å²) in [4.78, 5) is 38.0. The van der Waals surface area contributed by atoms with E-state index in [1.54, 1.807) is 6.07 Å². The second-order valence-electron chi connectivity index (χ2n) is 6.27. The van der Waals surface area contributed by atoms with Gasteiger partial charge in [0, 0.05) is 5.56 Å². The number of thioether (sulfide) groups is 1. The van der Waals surface area contributed by atoms with Gasteiger partial charge in [-0.3, -0.25) is 14.5 Å². The number of nitrogens with one attached hydrogen (secondary N) is 1. The Morgan fingerprint density at radius 3 is 2.63 bits per heavy atom. The minimum Gasteiger partial charge on any atom is -0.508 e. The molecule has 154 valence electrons. The number of hydrogen-bond acceptors (Lipinski definition) is 6. The van der Waals surface area contributed by atoms with Gasteiger partial charge in [-0.2, -0.15) is 0 Å². The van der Waals surface area contributed by atoms with E-state index in [0.29, 0.717) is 0 Å². The van der Waals surface area contributed by atoms with Crippen LogP contribution in [0.1, 0.15) is 22.8 Å². The predicted octanol–water partition coefficient (Wildman–Crippen LogP) is 3.46. The smallest absolute Gasteiger partial charge is 0.337 e. The van der Waals surface area contributed by atoms with Gasteiger partial charge in [0.2, 0.25) is 5.91 Å². The van der Waals surface area contributed by atoms with Gasteiger partial charge in [-0.1, -0.05) is 42.2 Å². The molecule has 2 aromatic rings. The molecule has 1 atom stereocenters. The third-order valence-corrected chi connectivity index (χ3v) is 5.60. The van der Waals surface area contributed by atoms with E-state index in [9.17, 15) is 29.0 Å². The summed E-state index contributed by atoms with van der Waals surface area (Å²) in [6.07, 6.45) is 1.36. The first-order valence-electron chi connectivity index (χ1n) is 8.58. The highest BCUT2D eigenvalue weighted by molar-refractivity contribution is 8.26. The van der Waals surface area contributed by atoms with Crippen LogP contribution in [0.2, 0.25) is 0 Å². The second-order valence-corrected chi connectivity index (χ2v) is 7.95. The van der Waals surface area contributed by atoms with Gasteiger partial charge >= 0.3 is 5.97 Å². The van der Waals surface area contributed by atoms with Crippen LogP contribution in [0.3, 0.4) is 0 Å². The van der Waals surface area contributed by atoms with E-state index in [-0.39, 0.29) is 31.8 Å². The average Bonchev–Trinajstić information content (AvgIpc) is 2.97. The van der Waals surface area contributed by atoms with Crippen molar-refractivity contribution in [3.63, 3.8) is 0 Å². The Kier molecular flexibility index (Phi) is 6.18. The van der Waals surface area contributed by atoms with Gasteiger partial charge in [0.15, 0.2) is 0 Å². The highest BCUT2D eigenvalue weighted by Crippen LogP contribution is 2.34. The summed E-state index contributed by atoms with van der Waals surface area (Å²) in [5, 5.41) is 21.1. The Labute approximate surface area is 180 Å². The maximum Gasteiger partial charge on any atom is 0.337 e. The molecule has 30 heavy (non-hydrogen) atoms. The Bertz CT molecular complexity index is 1100. The number of carbonyl (C=O) groups is 3. The molecule has 0 bridgehead atoms. The topological polar surface area (TPSA) is 107 Å². The minimum absolute atomic E-state index is 0.0375. The summed E-state index contributed by atoms with van der Waals surface area (Å²) in [5.41, 5.74) is -0.129. The summed E-state index contributed by atoms with van der Waals surface area (Å²) in [6.45, 7) is 1.44. The largest absolute Gasteiger partial charge is 0.508 e. The molecule has 1 unspecified atom stereocenters. The summed E-state index contributed by atoms with van der Waals surface area (Å²) < 4.78 is 14.0. The molecule has 1 aliphatic heterocycles. The lowest BCUT2D eigenvalue weighted by molar-refractivity contribution is -0.129. The lowest BCUT2D eigenvalue weighted by atomic mass is 10.1. The molecule has 3 N–H and O–H groups in total. The van der Waals surface area contributed by atoms with Crippen molar-refractivity contribution in [2.24, 2.45) is 0 Å². The highest BCUT2D eigenvalue weighted by Gasteiger charge is 2.38. The molecule has 0 saturated carbocycles. The number of halogens is 1. The SMILES string of the molecule is CC(C(=O)Nc1ccc(O)cc1C(=O)O)N1C(=O)C(=Cc2ccccc2F)SC1=S. The first-order chi connectivity index (χ1) is 14.2. The van der Waals surface area contributed by atoms with Crippen LogP contribution in [0.25, 0.3) is 6.08 Å². The monoisotopic (exact) mass is 446 g/mol. The zero-order valence-corrected chi connectivity index (χ0v) is 17.1. The van der Waals surface area contributed by atoms with E-state index in [4.69, 9.17) is 12.2 Å². The summed E-state index contributed by atoms with van der Waals surface area (Å²) >= 11 is 6.16. The fourth-order valence-electron chi connectivity index (χ4n) is 2.72. The fraction of sp³-hybridized carbons (Fsp3) is 0.100. The van der Waals surface area contributed by atoms with E-state index in [0.717, 1.165) is 22.7 Å². The molecular formula is C20H15FN2O5S2. The Balaban J connectivity index is 1.82. The average molecular weight is 446 g/mol. The van der Waals surface area contributed by atoms with Gasteiger partial charge in [-0.15, -0.1) is 0 Å². The lowest BCUT2D eigenvalue weighted by Crippen LogP contribution is -2.44. The number of carboxylic acid groups (broad SMARTS) is 1. The van der Waals surface area contributed by atoms with E-state index in [1.807, 2.05) is 0 Å². The molecule has 2 amide bonds. The maximum absolute atomic E-state index is 13.9. The fourth-order valence-corrected chi connectivity index (χ4v) is 4.13. The van der Waals surface area contributed by atoms with E-state index in [1.165, 1.54) is 43.3 Å². The summed E-state index contributed by atoms with van der Waals surface area (Å²) in [7, 11) is 0. The Morgan fingerprint density at radius 1 is 1.27 bits per heavy atom. The number of hydrogen-bond donors (Lipinski definition) is 3. The van der Waals surface area contributed by atoms with Crippen molar-refractivity contribution < 1.29 is 29.0 Å². The molecule has 0 radical (unpaired) electrons.